The number of nitrogens with one attached hydrogen (secondary N) is 2. The zero-order valence-electron chi connectivity index (χ0n) is 17.1. The molecule has 1 aromatic carbocycles. The Hall–Kier alpha value is -3.14. The van der Waals surface area contributed by atoms with Gasteiger partial charge in [0.2, 0.25) is 0 Å². The van der Waals surface area contributed by atoms with Gasteiger partial charge >= 0.3 is 0 Å². The smallest absolute Gasteiger partial charge is 0.276 e. The molecule has 1 aliphatic rings. The van der Waals surface area contributed by atoms with Crippen LogP contribution >= 0.6 is 11.5 Å². The van der Waals surface area contributed by atoms with Gasteiger partial charge in [-0.15, -0.1) is 5.10 Å². The van der Waals surface area contributed by atoms with Crippen molar-refractivity contribution in [3.8, 4) is 0 Å². The maximum Gasteiger partial charge on any atom is 0.276 e. The van der Waals surface area contributed by atoms with E-state index in [1.807, 2.05) is 11.8 Å². The second kappa shape index (κ2) is 9.34. The summed E-state index contributed by atoms with van der Waals surface area (Å²) in [5.41, 5.74) is 1.94. The predicted octanol–water partition coefficient (Wildman–Crippen LogP) is 3.62. The van der Waals surface area contributed by atoms with E-state index in [4.69, 9.17) is 0 Å². The number of rotatable bonds is 6. The molecule has 3 aromatic rings. The molecule has 8 nitrogen and oxygen atoms in total. The third-order valence-corrected chi connectivity index (χ3v) is 6.17. The Morgan fingerprint density at radius 3 is 2.81 bits per heavy atom. The van der Waals surface area contributed by atoms with Gasteiger partial charge in [-0.2, -0.15) is 5.10 Å². The fraction of sp³-hybridized carbons (Fsp3) is 0.381. The molecular weight excluding hydrogens is 419 g/mol. The van der Waals surface area contributed by atoms with Crippen LogP contribution in [0.3, 0.4) is 0 Å². The topological polar surface area (TPSA) is 104 Å². The third kappa shape index (κ3) is 4.63. The molecule has 162 valence electrons. The summed E-state index contributed by atoms with van der Waals surface area (Å²) in [4.78, 5) is 27.7. The highest BCUT2D eigenvalue weighted by atomic mass is 32.1. The normalized spacial score (nSPS) is 14.6. The van der Waals surface area contributed by atoms with E-state index in [1.54, 1.807) is 18.2 Å². The quantitative estimate of drug-likeness (QED) is 0.607. The highest BCUT2D eigenvalue weighted by molar-refractivity contribution is 7.08. The lowest BCUT2D eigenvalue weighted by Gasteiger charge is -2.31. The third-order valence-electron chi connectivity index (χ3n) is 5.41. The van der Waals surface area contributed by atoms with E-state index in [0.717, 1.165) is 48.6 Å². The molecule has 0 spiro atoms. The summed E-state index contributed by atoms with van der Waals surface area (Å²) in [5, 5.41) is 13.6. The number of hydrogen-bond donors (Lipinski definition) is 2. The number of likely N-dealkylation sites (tertiary alicyclic amines) is 1. The number of amides is 2. The Labute approximate surface area is 183 Å². The van der Waals surface area contributed by atoms with E-state index in [9.17, 15) is 14.0 Å². The number of aromatic amines is 1. The molecule has 2 N–H and O–H groups in total. The number of para-hydroxylation sites is 1. The Morgan fingerprint density at radius 1 is 1.29 bits per heavy atom. The second-order valence-corrected chi connectivity index (χ2v) is 8.26. The molecule has 2 amide bonds. The minimum absolute atomic E-state index is 0.00790. The minimum Gasteiger partial charge on any atom is -0.338 e. The Bertz CT molecular complexity index is 1070. The van der Waals surface area contributed by atoms with Crippen LogP contribution in [0.2, 0.25) is 0 Å². The summed E-state index contributed by atoms with van der Waals surface area (Å²) in [6.07, 6.45) is 3.19. The van der Waals surface area contributed by atoms with Crippen LogP contribution in [0.1, 0.15) is 63.7 Å². The molecule has 0 unspecified atom stereocenters. The number of H-pyrrole nitrogens is 1. The number of hydrogen-bond acceptors (Lipinski definition) is 6. The van der Waals surface area contributed by atoms with E-state index < -0.39 is 11.7 Å². The number of anilines is 1. The highest BCUT2D eigenvalue weighted by Gasteiger charge is 2.28. The molecule has 1 saturated heterocycles. The molecule has 31 heavy (non-hydrogen) atoms. The number of aromatic nitrogens is 4. The van der Waals surface area contributed by atoms with Crippen molar-refractivity contribution < 1.29 is 14.0 Å². The van der Waals surface area contributed by atoms with Gasteiger partial charge in [-0.3, -0.25) is 14.7 Å². The van der Waals surface area contributed by atoms with Crippen molar-refractivity contribution in [1.29, 1.82) is 0 Å². The zero-order chi connectivity index (χ0) is 21.8. The number of carbonyl (C=O) groups excluding carboxylic acids is 2. The van der Waals surface area contributed by atoms with E-state index in [0.29, 0.717) is 18.0 Å². The summed E-state index contributed by atoms with van der Waals surface area (Å²) in [6.45, 7) is 3.28. The summed E-state index contributed by atoms with van der Waals surface area (Å²) < 4.78 is 17.7. The lowest BCUT2D eigenvalue weighted by atomic mass is 9.93. The summed E-state index contributed by atoms with van der Waals surface area (Å²) in [7, 11) is 0. The first-order chi connectivity index (χ1) is 15.1. The standard InChI is InChI=1S/C21H23FN6O2S/c1-2-5-16-19(31-27-26-16)21(30)28-10-8-13(9-11-28)17-12-18(25-24-17)20(29)23-15-7-4-3-6-14(15)22/h3-4,6-7,12-13H,2,5,8-11H2,1H3,(H,23,29)(H,24,25). The molecule has 1 aliphatic heterocycles. The van der Waals surface area contributed by atoms with Gasteiger partial charge < -0.3 is 10.2 Å². The van der Waals surface area contributed by atoms with E-state index in [2.05, 4.69) is 25.1 Å². The van der Waals surface area contributed by atoms with Crippen molar-refractivity contribution in [2.75, 3.05) is 18.4 Å². The Balaban J connectivity index is 1.36. The molecule has 0 atom stereocenters. The fourth-order valence-corrected chi connectivity index (χ4v) is 4.40. The lowest BCUT2D eigenvalue weighted by molar-refractivity contribution is 0.0715. The fourth-order valence-electron chi connectivity index (χ4n) is 3.72. The van der Waals surface area contributed by atoms with Gasteiger partial charge in [-0.25, -0.2) is 4.39 Å². The van der Waals surface area contributed by atoms with Crippen molar-refractivity contribution in [3.05, 3.63) is 58.1 Å². The maximum atomic E-state index is 13.8. The SMILES string of the molecule is CCCc1nnsc1C(=O)N1CCC(c2cc(C(=O)Nc3ccccc3F)n[nH]2)CC1. The lowest BCUT2D eigenvalue weighted by Crippen LogP contribution is -2.38. The van der Waals surface area contributed by atoms with Gasteiger partial charge in [0.25, 0.3) is 11.8 Å². The number of halogens is 1. The van der Waals surface area contributed by atoms with Crippen LogP contribution < -0.4 is 5.32 Å². The Kier molecular flexibility index (Phi) is 6.36. The number of piperidine rings is 1. The molecule has 4 rings (SSSR count). The first-order valence-electron chi connectivity index (χ1n) is 10.3. The van der Waals surface area contributed by atoms with Gasteiger partial charge in [-0.1, -0.05) is 30.0 Å². The molecule has 1 fully saturated rings. The average molecular weight is 443 g/mol. The van der Waals surface area contributed by atoms with Crippen molar-refractivity contribution >= 4 is 29.0 Å². The largest absolute Gasteiger partial charge is 0.338 e. The molecule has 0 radical (unpaired) electrons. The summed E-state index contributed by atoms with van der Waals surface area (Å²) in [5.74, 6) is -0.809. The van der Waals surface area contributed by atoms with Crippen molar-refractivity contribution in [2.45, 2.75) is 38.5 Å². The van der Waals surface area contributed by atoms with Crippen molar-refractivity contribution in [2.24, 2.45) is 0 Å². The first-order valence-corrected chi connectivity index (χ1v) is 11.1. The van der Waals surface area contributed by atoms with E-state index in [-0.39, 0.29) is 23.2 Å². The van der Waals surface area contributed by atoms with Gasteiger partial charge in [-0.05, 0) is 49.0 Å². The highest BCUT2D eigenvalue weighted by Crippen LogP contribution is 2.29. The number of nitrogens with zero attached hydrogens (tertiary/aromatic N) is 4. The van der Waals surface area contributed by atoms with Crippen LogP contribution in [0.15, 0.2) is 30.3 Å². The number of benzene rings is 1. The monoisotopic (exact) mass is 442 g/mol. The molecule has 2 aromatic heterocycles. The summed E-state index contributed by atoms with van der Waals surface area (Å²) >= 11 is 1.16. The summed E-state index contributed by atoms with van der Waals surface area (Å²) in [6, 6.07) is 7.69. The maximum absolute atomic E-state index is 13.8. The Morgan fingerprint density at radius 2 is 2.06 bits per heavy atom. The van der Waals surface area contributed by atoms with Crippen molar-refractivity contribution in [3.63, 3.8) is 0 Å². The molecule has 0 saturated carbocycles. The van der Waals surface area contributed by atoms with Gasteiger partial charge in [0.1, 0.15) is 10.7 Å². The first kappa shape index (κ1) is 21.1. The van der Waals surface area contributed by atoms with Crippen molar-refractivity contribution in [1.82, 2.24) is 24.7 Å². The molecule has 0 aliphatic carbocycles. The molecule has 0 bridgehead atoms. The van der Waals surface area contributed by atoms with Gasteiger partial charge in [0, 0.05) is 24.7 Å². The van der Waals surface area contributed by atoms with Crippen LogP contribution in [-0.4, -0.2) is 49.6 Å². The number of carbonyl (C=O) groups is 2. The van der Waals surface area contributed by atoms with Crippen LogP contribution in [0.25, 0.3) is 0 Å². The average Bonchev–Trinajstić information content (AvgIpc) is 3.45. The van der Waals surface area contributed by atoms with Crippen LogP contribution in [0.5, 0.6) is 0 Å². The minimum atomic E-state index is -0.498. The predicted molar refractivity (Wildman–Crippen MR) is 115 cm³/mol. The molecular formula is C21H23FN6O2S. The van der Waals surface area contributed by atoms with Crippen LogP contribution in [0, 0.1) is 5.82 Å². The second-order valence-electron chi connectivity index (χ2n) is 7.51. The molecule has 10 heteroatoms. The molecule has 3 heterocycles. The van der Waals surface area contributed by atoms with E-state index >= 15 is 0 Å². The number of aryl methyl sites for hydroxylation is 1. The zero-order valence-corrected chi connectivity index (χ0v) is 17.9. The van der Waals surface area contributed by atoms with Crippen LogP contribution in [0.4, 0.5) is 10.1 Å². The van der Waals surface area contributed by atoms with Gasteiger partial charge in [0.05, 0.1) is 11.4 Å². The van der Waals surface area contributed by atoms with E-state index in [1.165, 1.54) is 12.1 Å². The van der Waals surface area contributed by atoms with Gasteiger partial charge in [0.15, 0.2) is 5.69 Å². The van der Waals surface area contributed by atoms with Crippen LogP contribution in [-0.2, 0) is 6.42 Å².